The van der Waals surface area contributed by atoms with Gasteiger partial charge in [-0.15, -0.1) is 11.8 Å². The number of carbonyl (C=O) groups is 4. The van der Waals surface area contributed by atoms with Gasteiger partial charge in [-0.1, -0.05) is 30.3 Å². The number of aromatic nitrogens is 1. The van der Waals surface area contributed by atoms with Crippen LogP contribution in [0.5, 0.6) is 0 Å². The average Bonchev–Trinajstić information content (AvgIpc) is 2.82. The van der Waals surface area contributed by atoms with Crippen molar-refractivity contribution < 1.29 is 71.4 Å². The zero-order valence-electron chi connectivity index (χ0n) is 19.4. The van der Waals surface area contributed by atoms with Crippen molar-refractivity contribution in [2.24, 2.45) is 5.73 Å². The smallest absolute Gasteiger partial charge is 0.747 e. The SMILES string of the molecule is NC(=O)c1cc[n+](CC2=C(C(=O)[O-])N3C(=O)C(NC(=O)C(c4ccccc4)S(=O)(=O)[O-])C3SC2)cc1.[Na+]. The van der Waals surface area contributed by atoms with Crippen LogP contribution in [0.1, 0.15) is 21.2 Å². The number of hydrogen-bond donors (Lipinski definition) is 2. The van der Waals surface area contributed by atoms with Crippen molar-refractivity contribution in [3.63, 3.8) is 0 Å². The van der Waals surface area contributed by atoms with Gasteiger partial charge in [0.05, 0.1) is 17.2 Å². The Labute approximate surface area is 237 Å². The first-order valence-electron chi connectivity index (χ1n) is 10.5. The Kier molecular flexibility index (Phi) is 8.82. The number of nitrogens with two attached hydrogens (primary N) is 1. The van der Waals surface area contributed by atoms with Crippen molar-refractivity contribution in [2.75, 3.05) is 5.75 Å². The summed E-state index contributed by atoms with van der Waals surface area (Å²) < 4.78 is 37.0. The molecular formula is C22H19N4NaO8S2. The van der Waals surface area contributed by atoms with Gasteiger partial charge in [-0.3, -0.25) is 19.3 Å². The molecule has 0 radical (unpaired) electrons. The van der Waals surface area contributed by atoms with Crippen LogP contribution in [0.4, 0.5) is 0 Å². The third-order valence-electron chi connectivity index (χ3n) is 5.72. The van der Waals surface area contributed by atoms with E-state index in [0.717, 1.165) is 16.7 Å². The molecule has 12 nitrogen and oxygen atoms in total. The van der Waals surface area contributed by atoms with E-state index in [-0.39, 0.29) is 58.7 Å². The van der Waals surface area contributed by atoms with Gasteiger partial charge >= 0.3 is 29.6 Å². The standard InChI is InChI=1S/C22H20N4O8S2.Na/c23-18(27)13-6-8-25(9-7-13)10-14-11-35-21-15(20(29)26(21)16(14)22(30)31)24-19(28)17(36(32,33)34)12-4-2-1-3-5-12;/h1-9,15,17,21H,10-11H2,(H4-,23,24,27,28,30,31,32,33,34);/q;+1/p-1. The number of pyridine rings is 1. The van der Waals surface area contributed by atoms with Crippen molar-refractivity contribution in [2.45, 2.75) is 23.2 Å². The summed E-state index contributed by atoms with van der Waals surface area (Å²) >= 11 is 1.16. The van der Waals surface area contributed by atoms with Crippen LogP contribution in [0.3, 0.4) is 0 Å². The summed E-state index contributed by atoms with van der Waals surface area (Å²) in [5.41, 5.74) is 5.44. The van der Waals surface area contributed by atoms with Crippen LogP contribution in [0.25, 0.3) is 0 Å². The van der Waals surface area contributed by atoms with E-state index < -0.39 is 50.5 Å². The molecule has 3 N–H and O–H groups in total. The third kappa shape index (κ3) is 5.89. The van der Waals surface area contributed by atoms with E-state index in [4.69, 9.17) is 5.73 Å². The summed E-state index contributed by atoms with van der Waals surface area (Å²) in [6.45, 7) is 0.0768. The first-order chi connectivity index (χ1) is 17.0. The number of thioether (sulfide) groups is 1. The fraction of sp³-hybridized carbons (Fsp3) is 0.227. The van der Waals surface area contributed by atoms with E-state index in [1.165, 1.54) is 48.8 Å². The van der Waals surface area contributed by atoms with Gasteiger partial charge in [0, 0.05) is 23.5 Å². The van der Waals surface area contributed by atoms with Crippen molar-refractivity contribution in [1.82, 2.24) is 10.2 Å². The summed E-state index contributed by atoms with van der Waals surface area (Å²) in [5.74, 6) is -4.00. The normalized spacial score (nSPS) is 19.7. The summed E-state index contributed by atoms with van der Waals surface area (Å²) in [7, 11) is -5.11. The molecule has 2 aliphatic heterocycles. The number of aliphatic carboxylic acids is 1. The number of carboxylic acid groups (broad SMARTS) is 1. The second-order valence-corrected chi connectivity index (χ2v) is 10.6. The van der Waals surface area contributed by atoms with Gasteiger partial charge in [0.25, 0.3) is 5.91 Å². The monoisotopic (exact) mass is 554 g/mol. The second-order valence-electron chi connectivity index (χ2n) is 8.04. The molecule has 4 rings (SSSR count). The number of nitrogens with zero attached hydrogens (tertiary/aromatic N) is 2. The minimum atomic E-state index is -5.11. The summed E-state index contributed by atoms with van der Waals surface area (Å²) in [6, 6.07) is 8.83. The Hall–Kier alpha value is -2.75. The number of hydrogen-bond acceptors (Lipinski definition) is 9. The summed E-state index contributed by atoms with van der Waals surface area (Å²) in [6.07, 6.45) is 3.07. The maximum Gasteiger partial charge on any atom is 1.00 e. The zero-order chi connectivity index (χ0) is 26.2. The van der Waals surface area contributed by atoms with Gasteiger partial charge in [0.2, 0.25) is 11.8 Å². The van der Waals surface area contributed by atoms with Crippen LogP contribution < -0.4 is 50.3 Å². The molecule has 2 aliphatic rings. The van der Waals surface area contributed by atoms with Crippen molar-refractivity contribution in [3.05, 3.63) is 77.3 Å². The molecule has 1 aromatic carbocycles. The maximum absolute atomic E-state index is 12.9. The molecule has 2 aromatic rings. The van der Waals surface area contributed by atoms with E-state index >= 15 is 0 Å². The predicted octanol–water partition coefficient (Wildman–Crippen LogP) is -5.23. The van der Waals surface area contributed by atoms with Gasteiger partial charge < -0.3 is 25.5 Å². The number of amides is 3. The molecule has 0 saturated carbocycles. The molecule has 3 heterocycles. The molecule has 3 amide bonds. The first kappa shape index (κ1) is 28.8. The van der Waals surface area contributed by atoms with Gasteiger partial charge in [-0.05, 0) is 5.56 Å². The topological polar surface area (TPSA) is 194 Å². The number of primary amides is 1. The van der Waals surface area contributed by atoms with Crippen LogP contribution in [0.2, 0.25) is 0 Å². The van der Waals surface area contributed by atoms with E-state index in [0.29, 0.717) is 5.57 Å². The number of rotatable bonds is 8. The number of carboxylic acids is 1. The van der Waals surface area contributed by atoms with Gasteiger partial charge in [-0.25, -0.2) is 13.0 Å². The minimum absolute atomic E-state index is 0. The Morgan fingerprint density at radius 3 is 2.32 bits per heavy atom. The molecule has 37 heavy (non-hydrogen) atoms. The molecule has 15 heteroatoms. The number of carbonyl (C=O) groups excluding carboxylic acids is 4. The van der Waals surface area contributed by atoms with E-state index in [1.807, 2.05) is 0 Å². The molecular weight excluding hydrogens is 535 g/mol. The number of β-lactam (4-membered cyclic amide) rings is 1. The first-order valence-corrected chi connectivity index (χ1v) is 13.0. The second kappa shape index (κ2) is 11.3. The van der Waals surface area contributed by atoms with Crippen LogP contribution >= 0.6 is 11.8 Å². The molecule has 3 atom stereocenters. The van der Waals surface area contributed by atoms with Crippen molar-refractivity contribution in [3.8, 4) is 0 Å². The fourth-order valence-electron chi connectivity index (χ4n) is 4.05. The fourth-order valence-corrected chi connectivity index (χ4v) is 6.20. The van der Waals surface area contributed by atoms with Crippen LogP contribution in [0.15, 0.2) is 66.1 Å². The zero-order valence-corrected chi connectivity index (χ0v) is 23.0. The van der Waals surface area contributed by atoms with Gasteiger partial charge in [-0.2, -0.15) is 0 Å². The molecule has 0 bridgehead atoms. The van der Waals surface area contributed by atoms with Crippen LogP contribution in [-0.2, 0) is 31.0 Å². The molecule has 1 saturated heterocycles. The van der Waals surface area contributed by atoms with Gasteiger partial charge in [0.1, 0.15) is 21.5 Å². The van der Waals surface area contributed by atoms with E-state index in [9.17, 15) is 37.3 Å². The van der Waals surface area contributed by atoms with Crippen molar-refractivity contribution in [1.29, 1.82) is 0 Å². The predicted molar refractivity (Wildman–Crippen MR) is 121 cm³/mol. The molecule has 1 aromatic heterocycles. The van der Waals surface area contributed by atoms with Crippen LogP contribution in [-0.4, -0.2) is 58.7 Å². The number of benzene rings is 1. The Balaban J connectivity index is 0.00000380. The van der Waals surface area contributed by atoms with E-state index in [2.05, 4.69) is 5.32 Å². The third-order valence-corrected chi connectivity index (χ3v) is 8.12. The summed E-state index contributed by atoms with van der Waals surface area (Å²) in [4.78, 5) is 49.8. The van der Waals surface area contributed by atoms with E-state index in [1.54, 1.807) is 10.6 Å². The van der Waals surface area contributed by atoms with Crippen molar-refractivity contribution >= 4 is 45.6 Å². The van der Waals surface area contributed by atoms with Gasteiger partial charge in [0.15, 0.2) is 24.2 Å². The van der Waals surface area contributed by atoms with Crippen LogP contribution in [0, 0.1) is 0 Å². The molecule has 1 fully saturated rings. The quantitative estimate of drug-likeness (QED) is 0.139. The molecule has 188 valence electrons. The molecule has 0 spiro atoms. The maximum atomic E-state index is 12.9. The Morgan fingerprint density at radius 2 is 1.78 bits per heavy atom. The molecule has 0 aliphatic carbocycles. The Bertz CT molecular complexity index is 1380. The Morgan fingerprint density at radius 1 is 1.16 bits per heavy atom. The summed E-state index contributed by atoms with van der Waals surface area (Å²) in [5, 5.41) is 11.3. The molecule has 3 unspecified atom stereocenters. The number of fused-ring (bicyclic) bond motifs is 1. The average molecular weight is 555 g/mol. The minimum Gasteiger partial charge on any atom is -0.747 e. The number of nitrogens with one attached hydrogen (secondary N) is 1. The largest absolute Gasteiger partial charge is 1.00 e.